The quantitative estimate of drug-likeness (QED) is 0.620. The fraction of sp³-hybridized carbons (Fsp3) is 0.333. The number of rotatable bonds is 5. The normalized spacial score (nSPS) is 12.0. The molecule has 10 heteroatoms. The second-order valence-corrected chi connectivity index (χ2v) is 5.69. The highest BCUT2D eigenvalue weighted by Gasteiger charge is 2.33. The zero-order valence-corrected chi connectivity index (χ0v) is 14.6. The number of hydrogen-bond donors (Lipinski definition) is 2. The van der Waals surface area contributed by atoms with Crippen LogP contribution in [0.3, 0.4) is 0 Å². The third-order valence-electron chi connectivity index (χ3n) is 3.12. The molecular weight excluding hydrogens is 357 g/mol. The van der Waals surface area contributed by atoms with Gasteiger partial charge in [-0.25, -0.2) is 4.98 Å². The highest BCUT2D eigenvalue weighted by Crippen LogP contribution is 2.30. The van der Waals surface area contributed by atoms with Crippen LogP contribution in [-0.4, -0.2) is 32.2 Å². The molecule has 2 rings (SSSR count). The average molecular weight is 374 g/mol. The van der Waals surface area contributed by atoms with Gasteiger partial charge in [0.25, 0.3) is 0 Å². The predicted octanol–water partition coefficient (Wildman–Crippen LogP) is 3.37. The van der Waals surface area contributed by atoms with E-state index >= 15 is 0 Å². The second kappa shape index (κ2) is 8.06. The van der Waals surface area contributed by atoms with Crippen molar-refractivity contribution in [3.8, 4) is 11.5 Å². The van der Waals surface area contributed by atoms with E-state index in [1.54, 1.807) is 25.2 Å². The van der Waals surface area contributed by atoms with E-state index in [9.17, 15) is 13.2 Å². The van der Waals surface area contributed by atoms with Crippen molar-refractivity contribution in [1.29, 1.82) is 0 Å². The van der Waals surface area contributed by atoms with Gasteiger partial charge in [0, 0.05) is 24.2 Å². The summed E-state index contributed by atoms with van der Waals surface area (Å²) in [7, 11) is 4.61. The van der Waals surface area contributed by atoms with Crippen LogP contribution in [0.25, 0.3) is 0 Å². The molecule has 1 aromatic carbocycles. The molecule has 0 saturated heterocycles. The Morgan fingerprint density at radius 1 is 1.24 bits per heavy atom. The smallest absolute Gasteiger partial charge is 0.434 e. The lowest BCUT2D eigenvalue weighted by molar-refractivity contribution is -0.140. The first-order valence-corrected chi connectivity index (χ1v) is 7.96. The number of aliphatic imine (C=N–C) groups is 1. The molecule has 0 aliphatic heterocycles. The lowest BCUT2D eigenvalue weighted by atomic mass is 10.3. The molecule has 1 aromatic heterocycles. The summed E-state index contributed by atoms with van der Waals surface area (Å²) in [6.07, 6.45) is -4.44. The van der Waals surface area contributed by atoms with E-state index < -0.39 is 11.9 Å². The van der Waals surface area contributed by atoms with E-state index in [-0.39, 0.29) is 6.54 Å². The molecule has 0 aliphatic carbocycles. The number of aromatic nitrogens is 1. The molecule has 2 aromatic rings. The van der Waals surface area contributed by atoms with E-state index in [2.05, 4.69) is 20.6 Å². The van der Waals surface area contributed by atoms with Gasteiger partial charge in [-0.15, -0.1) is 11.3 Å². The van der Waals surface area contributed by atoms with Crippen LogP contribution < -0.4 is 20.1 Å². The van der Waals surface area contributed by atoms with Crippen molar-refractivity contribution in [2.45, 2.75) is 12.7 Å². The number of halogens is 3. The van der Waals surface area contributed by atoms with Crippen LogP contribution in [0.2, 0.25) is 0 Å². The number of guanidine groups is 1. The molecule has 6 nitrogen and oxygen atoms in total. The number of thiazole rings is 1. The molecule has 0 unspecified atom stereocenters. The Morgan fingerprint density at radius 2 is 1.96 bits per heavy atom. The zero-order chi connectivity index (χ0) is 18.4. The molecule has 0 spiro atoms. The Kier molecular flexibility index (Phi) is 6.07. The maximum atomic E-state index is 12.6. The third-order valence-corrected chi connectivity index (χ3v) is 3.97. The van der Waals surface area contributed by atoms with Gasteiger partial charge in [-0.05, 0) is 12.1 Å². The summed E-state index contributed by atoms with van der Waals surface area (Å²) in [5.74, 6) is 1.51. The maximum Gasteiger partial charge on any atom is 0.434 e. The van der Waals surface area contributed by atoms with E-state index in [0.717, 1.165) is 16.7 Å². The molecule has 0 atom stereocenters. The largest absolute Gasteiger partial charge is 0.493 e. The van der Waals surface area contributed by atoms with Crippen LogP contribution >= 0.6 is 11.3 Å². The Labute approximate surface area is 146 Å². The van der Waals surface area contributed by atoms with Crippen LogP contribution in [0.1, 0.15) is 10.7 Å². The fourth-order valence-electron chi connectivity index (χ4n) is 1.91. The van der Waals surface area contributed by atoms with E-state index in [4.69, 9.17) is 9.47 Å². The van der Waals surface area contributed by atoms with E-state index in [1.807, 2.05) is 0 Å². The van der Waals surface area contributed by atoms with Gasteiger partial charge >= 0.3 is 6.18 Å². The number of hydrogen-bond acceptors (Lipinski definition) is 5. The minimum absolute atomic E-state index is 0.119. The van der Waals surface area contributed by atoms with E-state index in [1.165, 1.54) is 14.2 Å². The monoisotopic (exact) mass is 374 g/mol. The summed E-state index contributed by atoms with van der Waals surface area (Å²) in [6, 6.07) is 5.21. The lowest BCUT2D eigenvalue weighted by Crippen LogP contribution is -2.30. The maximum absolute atomic E-state index is 12.6. The first-order valence-electron chi connectivity index (χ1n) is 7.08. The number of ether oxygens (including phenoxy) is 2. The van der Waals surface area contributed by atoms with E-state index in [0.29, 0.717) is 28.2 Å². The summed E-state index contributed by atoms with van der Waals surface area (Å²) >= 11 is 0.933. The molecule has 0 bridgehead atoms. The van der Waals surface area contributed by atoms with Crippen molar-refractivity contribution < 1.29 is 22.6 Å². The van der Waals surface area contributed by atoms with Crippen molar-refractivity contribution in [1.82, 2.24) is 10.3 Å². The fourth-order valence-corrected chi connectivity index (χ4v) is 2.65. The topological polar surface area (TPSA) is 67.8 Å². The van der Waals surface area contributed by atoms with Gasteiger partial charge in [0.2, 0.25) is 0 Å². The first kappa shape index (κ1) is 18.8. The molecule has 0 saturated carbocycles. The van der Waals surface area contributed by atoms with Gasteiger partial charge in [0.05, 0.1) is 20.8 Å². The molecular formula is C15H17F3N4O2S. The Balaban J connectivity index is 2.00. The Bertz CT molecular complexity index is 747. The summed E-state index contributed by atoms with van der Waals surface area (Å²) in [5, 5.41) is 7.23. The molecule has 1 heterocycles. The molecule has 0 fully saturated rings. The van der Waals surface area contributed by atoms with Crippen LogP contribution in [0.15, 0.2) is 28.6 Å². The SMILES string of the molecule is CN=C(NCc1nc(C(F)(F)F)cs1)Nc1ccc(OC)c(OC)c1. The van der Waals surface area contributed by atoms with Gasteiger partial charge in [0.15, 0.2) is 23.2 Å². The first-order chi connectivity index (χ1) is 11.9. The second-order valence-electron chi connectivity index (χ2n) is 4.74. The molecule has 0 aliphatic rings. The third kappa shape index (κ3) is 4.99. The average Bonchev–Trinajstić information content (AvgIpc) is 3.07. The van der Waals surface area contributed by atoms with Crippen molar-refractivity contribution in [2.75, 3.05) is 26.6 Å². The molecule has 0 amide bonds. The Hall–Kier alpha value is -2.49. The Morgan fingerprint density at radius 3 is 2.52 bits per heavy atom. The van der Waals surface area contributed by atoms with Gasteiger partial charge in [-0.2, -0.15) is 13.2 Å². The molecule has 136 valence electrons. The number of alkyl halides is 3. The lowest BCUT2D eigenvalue weighted by Gasteiger charge is -2.13. The molecule has 0 radical (unpaired) electrons. The van der Waals surface area contributed by atoms with Crippen molar-refractivity contribution in [3.63, 3.8) is 0 Å². The minimum atomic E-state index is -4.44. The number of anilines is 1. The van der Waals surface area contributed by atoms with Crippen LogP contribution in [-0.2, 0) is 12.7 Å². The van der Waals surface area contributed by atoms with Gasteiger partial charge in [-0.1, -0.05) is 0 Å². The van der Waals surface area contributed by atoms with Gasteiger partial charge in [-0.3, -0.25) is 4.99 Å². The van der Waals surface area contributed by atoms with Crippen molar-refractivity contribution in [3.05, 3.63) is 34.3 Å². The summed E-state index contributed by atoms with van der Waals surface area (Å²) in [4.78, 5) is 7.59. The summed E-state index contributed by atoms with van der Waals surface area (Å²) in [5.41, 5.74) is -0.210. The van der Waals surface area contributed by atoms with Gasteiger partial charge in [0.1, 0.15) is 5.01 Å². The number of benzene rings is 1. The number of nitrogens with zero attached hydrogens (tertiary/aromatic N) is 2. The summed E-state index contributed by atoms with van der Waals surface area (Å²) in [6.45, 7) is 0.119. The van der Waals surface area contributed by atoms with Crippen molar-refractivity contribution >= 4 is 23.0 Å². The van der Waals surface area contributed by atoms with Crippen LogP contribution in [0, 0.1) is 0 Å². The highest BCUT2D eigenvalue weighted by molar-refractivity contribution is 7.09. The number of methoxy groups -OCH3 is 2. The minimum Gasteiger partial charge on any atom is -0.493 e. The standard InChI is InChI=1S/C15H17F3N4O2S/c1-19-14(20-7-13-22-12(8-25-13)15(16,17)18)21-9-4-5-10(23-2)11(6-9)24-3/h4-6,8H,7H2,1-3H3,(H2,19,20,21). The highest BCUT2D eigenvalue weighted by atomic mass is 32.1. The summed E-state index contributed by atoms with van der Waals surface area (Å²) < 4.78 is 48.0. The van der Waals surface area contributed by atoms with Crippen LogP contribution in [0.5, 0.6) is 11.5 Å². The van der Waals surface area contributed by atoms with Gasteiger partial charge < -0.3 is 20.1 Å². The molecule has 2 N–H and O–H groups in total. The predicted molar refractivity (Wildman–Crippen MR) is 90.5 cm³/mol. The number of nitrogens with one attached hydrogen (secondary N) is 2. The zero-order valence-electron chi connectivity index (χ0n) is 13.8. The van der Waals surface area contributed by atoms with Crippen LogP contribution in [0.4, 0.5) is 18.9 Å². The molecule has 25 heavy (non-hydrogen) atoms. The van der Waals surface area contributed by atoms with Crippen molar-refractivity contribution in [2.24, 2.45) is 4.99 Å².